The van der Waals surface area contributed by atoms with Gasteiger partial charge in [0.2, 0.25) is 0 Å². The lowest BCUT2D eigenvalue weighted by Crippen LogP contribution is -2.34. The molecule has 2 aromatic heterocycles. The van der Waals surface area contributed by atoms with E-state index in [0.29, 0.717) is 17.2 Å². The highest BCUT2D eigenvalue weighted by Crippen LogP contribution is 2.22. The monoisotopic (exact) mass is 353 g/mol. The Morgan fingerprint density at radius 2 is 1.96 bits per heavy atom. The van der Waals surface area contributed by atoms with E-state index in [1.54, 1.807) is 24.7 Å². The molecule has 1 atom stereocenters. The lowest BCUT2D eigenvalue weighted by molar-refractivity contribution is 0.102. The molecule has 3 heterocycles. The van der Waals surface area contributed by atoms with Crippen molar-refractivity contribution in [1.82, 2.24) is 15.0 Å². The van der Waals surface area contributed by atoms with E-state index < -0.39 is 0 Å². The SMILES string of the molecule is CC1CCCN(c2cc(C(=O)Nc3cnc(C(C)(C)C)nc3)ccn2)C1. The fourth-order valence-electron chi connectivity index (χ4n) is 3.11. The molecule has 2 aromatic rings. The van der Waals surface area contributed by atoms with E-state index in [1.807, 2.05) is 6.07 Å². The van der Waals surface area contributed by atoms with Gasteiger partial charge in [-0.3, -0.25) is 4.79 Å². The fourth-order valence-corrected chi connectivity index (χ4v) is 3.11. The Balaban J connectivity index is 1.71. The van der Waals surface area contributed by atoms with Crippen LogP contribution >= 0.6 is 0 Å². The van der Waals surface area contributed by atoms with Crippen LogP contribution in [0.15, 0.2) is 30.7 Å². The first-order valence-corrected chi connectivity index (χ1v) is 9.18. The molecular weight excluding hydrogens is 326 g/mol. The van der Waals surface area contributed by atoms with Crippen molar-refractivity contribution in [2.75, 3.05) is 23.3 Å². The maximum Gasteiger partial charge on any atom is 0.255 e. The lowest BCUT2D eigenvalue weighted by atomic mass is 9.96. The molecule has 1 aliphatic heterocycles. The van der Waals surface area contributed by atoms with E-state index in [1.165, 1.54) is 6.42 Å². The molecule has 1 saturated heterocycles. The van der Waals surface area contributed by atoms with Crippen molar-refractivity contribution >= 4 is 17.4 Å². The van der Waals surface area contributed by atoms with E-state index in [9.17, 15) is 4.79 Å². The summed E-state index contributed by atoms with van der Waals surface area (Å²) >= 11 is 0. The van der Waals surface area contributed by atoms with Crippen molar-refractivity contribution in [2.24, 2.45) is 5.92 Å². The number of anilines is 2. The first-order chi connectivity index (χ1) is 12.3. The molecular formula is C20H27N5O. The third kappa shape index (κ3) is 4.36. The average molecular weight is 353 g/mol. The Hall–Kier alpha value is -2.50. The van der Waals surface area contributed by atoms with Gasteiger partial charge in [-0.25, -0.2) is 15.0 Å². The summed E-state index contributed by atoms with van der Waals surface area (Å²) in [5.41, 5.74) is 1.06. The van der Waals surface area contributed by atoms with Crippen LogP contribution in [0.4, 0.5) is 11.5 Å². The number of aromatic nitrogens is 3. The van der Waals surface area contributed by atoms with Crippen molar-refractivity contribution < 1.29 is 4.79 Å². The predicted molar refractivity (Wildman–Crippen MR) is 104 cm³/mol. The zero-order valence-electron chi connectivity index (χ0n) is 16.0. The topological polar surface area (TPSA) is 71.0 Å². The van der Waals surface area contributed by atoms with Gasteiger partial charge in [-0.1, -0.05) is 27.7 Å². The zero-order valence-corrected chi connectivity index (χ0v) is 16.0. The molecule has 6 heteroatoms. The highest BCUT2D eigenvalue weighted by molar-refractivity contribution is 6.04. The number of piperidine rings is 1. The van der Waals surface area contributed by atoms with E-state index >= 15 is 0 Å². The van der Waals surface area contributed by atoms with Crippen LogP contribution in [0.3, 0.4) is 0 Å². The maximum atomic E-state index is 12.6. The quantitative estimate of drug-likeness (QED) is 0.912. The molecule has 1 N–H and O–H groups in total. The van der Waals surface area contributed by atoms with Crippen LogP contribution in [-0.4, -0.2) is 33.9 Å². The largest absolute Gasteiger partial charge is 0.356 e. The molecule has 0 saturated carbocycles. The molecule has 0 spiro atoms. The van der Waals surface area contributed by atoms with Crippen LogP contribution < -0.4 is 10.2 Å². The molecule has 0 bridgehead atoms. The van der Waals surface area contributed by atoms with Crippen molar-refractivity contribution in [2.45, 2.75) is 46.0 Å². The van der Waals surface area contributed by atoms with Gasteiger partial charge < -0.3 is 10.2 Å². The number of hydrogen-bond acceptors (Lipinski definition) is 5. The predicted octanol–water partition coefficient (Wildman–Crippen LogP) is 3.66. The molecule has 26 heavy (non-hydrogen) atoms. The summed E-state index contributed by atoms with van der Waals surface area (Å²) in [6.07, 6.45) is 7.42. The second-order valence-corrected chi connectivity index (χ2v) is 8.10. The number of amides is 1. The number of nitrogens with zero attached hydrogens (tertiary/aromatic N) is 4. The minimum absolute atomic E-state index is 0.117. The summed E-state index contributed by atoms with van der Waals surface area (Å²) in [5.74, 6) is 2.09. The summed E-state index contributed by atoms with van der Waals surface area (Å²) in [4.78, 5) is 28.0. The van der Waals surface area contributed by atoms with E-state index in [0.717, 1.165) is 31.2 Å². The Kier molecular flexibility index (Phi) is 5.20. The number of carbonyl (C=O) groups is 1. The Morgan fingerprint density at radius 3 is 2.62 bits per heavy atom. The van der Waals surface area contributed by atoms with Gasteiger partial charge in [0.25, 0.3) is 5.91 Å². The molecule has 1 fully saturated rings. The van der Waals surface area contributed by atoms with Crippen LogP contribution in [0.2, 0.25) is 0 Å². The van der Waals surface area contributed by atoms with Gasteiger partial charge in [-0.15, -0.1) is 0 Å². The van der Waals surface area contributed by atoms with E-state index in [2.05, 4.69) is 52.9 Å². The Morgan fingerprint density at radius 1 is 1.23 bits per heavy atom. The van der Waals surface area contributed by atoms with Crippen molar-refractivity contribution in [3.63, 3.8) is 0 Å². The highest BCUT2D eigenvalue weighted by atomic mass is 16.1. The summed E-state index contributed by atoms with van der Waals surface area (Å²) in [5, 5.41) is 2.87. The first kappa shape index (κ1) is 18.3. The third-order valence-corrected chi connectivity index (χ3v) is 4.57. The molecule has 1 unspecified atom stereocenters. The number of hydrogen-bond donors (Lipinski definition) is 1. The second-order valence-electron chi connectivity index (χ2n) is 8.10. The van der Waals surface area contributed by atoms with Crippen molar-refractivity contribution in [3.05, 3.63) is 42.1 Å². The molecule has 1 aliphatic rings. The van der Waals surface area contributed by atoms with Crippen LogP contribution in [0, 0.1) is 5.92 Å². The Bertz CT molecular complexity index is 767. The smallest absolute Gasteiger partial charge is 0.255 e. The first-order valence-electron chi connectivity index (χ1n) is 9.18. The molecule has 3 rings (SSSR count). The van der Waals surface area contributed by atoms with Crippen molar-refractivity contribution in [1.29, 1.82) is 0 Å². The molecule has 0 aromatic carbocycles. The van der Waals surface area contributed by atoms with Gasteiger partial charge >= 0.3 is 0 Å². The number of rotatable bonds is 3. The normalized spacial score (nSPS) is 17.8. The molecule has 6 nitrogen and oxygen atoms in total. The van der Waals surface area contributed by atoms with Gasteiger partial charge in [0, 0.05) is 30.3 Å². The van der Waals surface area contributed by atoms with E-state index in [4.69, 9.17) is 0 Å². The number of nitrogens with one attached hydrogen (secondary N) is 1. The summed E-state index contributed by atoms with van der Waals surface area (Å²) < 4.78 is 0. The molecule has 0 radical (unpaired) electrons. The number of carbonyl (C=O) groups excluding carboxylic acids is 1. The van der Waals surface area contributed by atoms with Gasteiger partial charge in [-0.05, 0) is 30.9 Å². The molecule has 138 valence electrons. The fraction of sp³-hybridized carbons (Fsp3) is 0.500. The van der Waals surface area contributed by atoms with Gasteiger partial charge in [0.15, 0.2) is 0 Å². The lowest BCUT2D eigenvalue weighted by Gasteiger charge is -2.31. The minimum Gasteiger partial charge on any atom is -0.356 e. The van der Waals surface area contributed by atoms with Crippen LogP contribution in [0.25, 0.3) is 0 Å². The maximum absolute atomic E-state index is 12.6. The molecule has 0 aliphatic carbocycles. The second kappa shape index (κ2) is 7.40. The highest BCUT2D eigenvalue weighted by Gasteiger charge is 2.19. The van der Waals surface area contributed by atoms with Gasteiger partial charge in [0.1, 0.15) is 11.6 Å². The standard InChI is InChI=1S/C20H27N5O/c1-14-6-5-9-25(13-14)17-10-15(7-8-21-17)18(26)24-16-11-22-19(23-12-16)20(2,3)4/h7-8,10-12,14H,5-6,9,13H2,1-4H3,(H,24,26). The number of pyridine rings is 1. The van der Waals surface area contributed by atoms with Crippen LogP contribution in [0.5, 0.6) is 0 Å². The summed E-state index contributed by atoms with van der Waals surface area (Å²) in [6.45, 7) is 10.4. The van der Waals surface area contributed by atoms with Gasteiger partial charge in [0.05, 0.1) is 18.1 Å². The zero-order chi connectivity index (χ0) is 18.7. The van der Waals surface area contributed by atoms with E-state index in [-0.39, 0.29) is 11.3 Å². The third-order valence-electron chi connectivity index (χ3n) is 4.57. The minimum atomic E-state index is -0.175. The van der Waals surface area contributed by atoms with Gasteiger partial charge in [-0.2, -0.15) is 0 Å². The summed E-state index contributed by atoms with van der Waals surface area (Å²) in [7, 11) is 0. The summed E-state index contributed by atoms with van der Waals surface area (Å²) in [6, 6.07) is 3.59. The average Bonchev–Trinajstić information content (AvgIpc) is 2.61. The van der Waals surface area contributed by atoms with Crippen LogP contribution in [0.1, 0.15) is 56.7 Å². The van der Waals surface area contributed by atoms with Crippen LogP contribution in [-0.2, 0) is 5.41 Å². The van der Waals surface area contributed by atoms with Crippen molar-refractivity contribution in [3.8, 4) is 0 Å². The molecule has 1 amide bonds. The Labute approximate surface area is 155 Å².